The number of unbranched alkanes of at least 4 members (excludes halogenated alkanes) is 4. The third-order valence-electron chi connectivity index (χ3n) is 13.4. The van der Waals surface area contributed by atoms with Crippen molar-refractivity contribution in [3.05, 3.63) is 35.9 Å². The second-order valence-electron chi connectivity index (χ2n) is 21.0. The summed E-state index contributed by atoms with van der Waals surface area (Å²) in [6.07, 6.45) is 2.00. The number of aliphatic hydroxyl groups excluding tert-OH is 1. The number of nitrogens with one attached hydrogen (secondary N) is 11. The van der Waals surface area contributed by atoms with E-state index in [1.807, 2.05) is 0 Å². The molecule has 11 amide bonds. The summed E-state index contributed by atoms with van der Waals surface area (Å²) in [5.74, 6) is -9.28. The molecule has 0 saturated carbocycles. The first-order chi connectivity index (χ1) is 39.0. The van der Waals surface area contributed by atoms with Gasteiger partial charge in [0.1, 0.15) is 60.4 Å². The van der Waals surface area contributed by atoms with E-state index in [1.165, 1.54) is 13.8 Å². The molecule has 82 heavy (non-hydrogen) atoms. The maximum absolute atomic E-state index is 14.5. The number of nitrogens with two attached hydrogens (primary N) is 5. The fourth-order valence-electron chi connectivity index (χ4n) is 8.79. The number of carbonyl (C=O) groups excluding carboxylic acids is 11. The predicted molar refractivity (Wildman–Crippen MR) is 306 cm³/mol. The average molecular weight is 1160 g/mol. The highest BCUT2D eigenvalue weighted by Crippen LogP contribution is 2.12. The fraction of sp³-hybridized carbons (Fsp3) is 0.685. The molecular formula is C54H94N16O12. The van der Waals surface area contributed by atoms with E-state index in [-0.39, 0.29) is 103 Å². The largest absolute Gasteiger partial charge is 0.391 e. The molecule has 28 heteroatoms. The minimum atomic E-state index is -1.67. The Morgan fingerprint density at radius 3 is 1.59 bits per heavy atom. The molecule has 0 aliphatic carbocycles. The van der Waals surface area contributed by atoms with Gasteiger partial charge in [0, 0.05) is 19.4 Å². The average Bonchev–Trinajstić information content (AvgIpc) is 3.48. The van der Waals surface area contributed by atoms with Crippen LogP contribution in [0, 0.1) is 5.92 Å². The second-order valence-corrected chi connectivity index (χ2v) is 21.0. The first-order valence-corrected chi connectivity index (χ1v) is 28.6. The topological polar surface area (TPSA) is 470 Å². The van der Waals surface area contributed by atoms with Crippen LogP contribution in [-0.2, 0) is 59.2 Å². The van der Waals surface area contributed by atoms with Crippen molar-refractivity contribution in [3.8, 4) is 0 Å². The van der Waals surface area contributed by atoms with Gasteiger partial charge in [-0.1, -0.05) is 76.8 Å². The molecule has 0 radical (unpaired) electrons. The highest BCUT2D eigenvalue weighted by Gasteiger charge is 2.37. The van der Waals surface area contributed by atoms with Gasteiger partial charge in [0.25, 0.3) is 0 Å². The van der Waals surface area contributed by atoms with E-state index in [1.54, 1.807) is 44.2 Å². The number of hydrogen-bond donors (Lipinski definition) is 17. The number of hydrogen-bond acceptors (Lipinski definition) is 17. The Balaban J connectivity index is 2.62. The van der Waals surface area contributed by atoms with E-state index in [0.717, 1.165) is 25.7 Å². The van der Waals surface area contributed by atoms with E-state index >= 15 is 0 Å². The number of carbonyl (C=O) groups is 11. The van der Waals surface area contributed by atoms with Crippen LogP contribution in [0.15, 0.2) is 30.3 Å². The summed E-state index contributed by atoms with van der Waals surface area (Å²) in [6.45, 7) is 7.34. The summed E-state index contributed by atoms with van der Waals surface area (Å²) in [5, 5.41) is 39.2. The van der Waals surface area contributed by atoms with Crippen LogP contribution < -0.4 is 87.2 Å². The Morgan fingerprint density at radius 2 is 1.06 bits per heavy atom. The third-order valence-corrected chi connectivity index (χ3v) is 13.4. The molecule has 1 aliphatic rings. The molecule has 0 spiro atoms. The van der Waals surface area contributed by atoms with E-state index in [2.05, 4.69) is 65.4 Å². The number of amides is 11. The van der Waals surface area contributed by atoms with Crippen molar-refractivity contribution in [3.63, 3.8) is 0 Å². The third kappa shape index (κ3) is 25.9. The smallest absolute Gasteiger partial charge is 0.245 e. The van der Waals surface area contributed by atoms with Gasteiger partial charge in [-0.2, -0.15) is 0 Å². The molecule has 0 bridgehead atoms. The molecule has 1 saturated heterocycles. The van der Waals surface area contributed by atoms with Gasteiger partial charge >= 0.3 is 0 Å². The molecule has 22 N–H and O–H groups in total. The van der Waals surface area contributed by atoms with Crippen LogP contribution in [0.5, 0.6) is 0 Å². The van der Waals surface area contributed by atoms with Crippen LogP contribution in [0.2, 0.25) is 0 Å². The molecule has 0 unspecified atom stereocenters. The van der Waals surface area contributed by atoms with Crippen molar-refractivity contribution in [2.75, 3.05) is 39.3 Å². The lowest BCUT2D eigenvalue weighted by molar-refractivity contribution is -0.137. The van der Waals surface area contributed by atoms with Crippen LogP contribution in [0.25, 0.3) is 0 Å². The van der Waals surface area contributed by atoms with Crippen LogP contribution in [-0.4, -0.2) is 176 Å². The summed E-state index contributed by atoms with van der Waals surface area (Å²) in [5.41, 5.74) is 29.9. The number of aliphatic hydroxyl groups is 1. The minimum absolute atomic E-state index is 0.00121. The van der Waals surface area contributed by atoms with Crippen molar-refractivity contribution in [1.82, 2.24) is 58.5 Å². The number of rotatable bonds is 28. The molecule has 1 aromatic rings. The molecule has 1 fully saturated rings. The van der Waals surface area contributed by atoms with Crippen LogP contribution in [0.1, 0.15) is 124 Å². The molecule has 1 heterocycles. The molecule has 1 aliphatic heterocycles. The maximum Gasteiger partial charge on any atom is 0.245 e. The normalized spacial score (nSPS) is 22.5. The van der Waals surface area contributed by atoms with Crippen LogP contribution in [0.3, 0.4) is 0 Å². The Kier molecular flexibility index (Phi) is 33.7. The van der Waals surface area contributed by atoms with Crippen molar-refractivity contribution in [2.45, 2.75) is 191 Å². The lowest BCUT2D eigenvalue weighted by atomic mass is 10.00. The molecule has 2 rings (SSSR count). The minimum Gasteiger partial charge on any atom is -0.391 e. The lowest BCUT2D eigenvalue weighted by Gasteiger charge is -2.29. The second kappa shape index (κ2) is 38.8. The summed E-state index contributed by atoms with van der Waals surface area (Å²) >= 11 is 0. The zero-order valence-corrected chi connectivity index (χ0v) is 48.3. The van der Waals surface area contributed by atoms with Gasteiger partial charge in [0.2, 0.25) is 65.0 Å². The van der Waals surface area contributed by atoms with E-state index in [4.69, 9.17) is 28.7 Å². The highest BCUT2D eigenvalue weighted by atomic mass is 16.3. The summed E-state index contributed by atoms with van der Waals surface area (Å²) < 4.78 is 0. The van der Waals surface area contributed by atoms with Crippen molar-refractivity contribution in [1.29, 1.82) is 0 Å². The monoisotopic (exact) mass is 1160 g/mol. The molecular weight excluding hydrogens is 1060 g/mol. The van der Waals surface area contributed by atoms with Crippen molar-refractivity contribution in [2.24, 2.45) is 34.6 Å². The summed E-state index contributed by atoms with van der Waals surface area (Å²) in [7, 11) is 0. The zero-order valence-electron chi connectivity index (χ0n) is 48.3. The van der Waals surface area contributed by atoms with Gasteiger partial charge in [0.15, 0.2) is 0 Å². The van der Waals surface area contributed by atoms with Crippen LogP contribution >= 0.6 is 0 Å². The standard InChI is InChI=1S/C54H94N16O12/c1-6-7-8-9-13-16-43(72)62-35(17-23-55)51(79)70-44(33(5)71)54(82)67-39(21-27-59)48(76)66-40-22-28-60-45(73)32(4)61-46(74)36(18-24-56)63-47(75)37(19-25-57)65-52(80)41(29-31(2)3)68-53(81)42(30-34-14-11-10-12-15-34)69-49(77)38(20-26-58)64-50(40)78/h10-12,14-15,31-33,35-42,44,71H,6-9,13,16-30,55-59H2,1-5H3,(H,60,73)(H,61,74)(H,62,72)(H,63,75)(H,64,78)(H,65,80)(H,66,76)(H,67,82)(H,68,81)(H,69,77)(H,70,79)/t32-,33+,35-,36-,37-,38-,39-,40-,41-,42+,44-/m0/s1. The van der Waals surface area contributed by atoms with Gasteiger partial charge in [-0.25, -0.2) is 0 Å². The molecule has 11 atom stereocenters. The Morgan fingerprint density at radius 1 is 0.573 bits per heavy atom. The van der Waals surface area contributed by atoms with Gasteiger partial charge in [0.05, 0.1) is 6.10 Å². The fourth-order valence-corrected chi connectivity index (χ4v) is 8.79. The van der Waals surface area contributed by atoms with Crippen molar-refractivity contribution < 1.29 is 57.8 Å². The first kappa shape index (κ1) is 71.3. The zero-order chi connectivity index (χ0) is 61.3. The first-order valence-electron chi connectivity index (χ1n) is 28.6. The Hall–Kier alpha value is -6.85. The van der Waals surface area contributed by atoms with Gasteiger partial charge < -0.3 is 92.3 Å². The quantitative estimate of drug-likeness (QED) is 0.0350. The van der Waals surface area contributed by atoms with E-state index in [9.17, 15) is 57.8 Å². The molecule has 0 aromatic heterocycles. The lowest BCUT2D eigenvalue weighted by Crippen LogP contribution is -2.62. The molecule has 28 nitrogen and oxygen atoms in total. The van der Waals surface area contributed by atoms with E-state index < -0.39 is 132 Å². The van der Waals surface area contributed by atoms with Gasteiger partial charge in [-0.05, 0) is 109 Å². The SMILES string of the molecule is CCCCCCCC(=O)N[C@@H](CCN)C(=O)N[C@H](C(=O)N[C@@H](CCN)C(=O)N[C@H]1CCNC(=O)[C@H](C)NC(=O)[C@H](CCN)NC(=O)[C@H](CCN)NC(=O)[C@H](CC(C)C)NC(=O)[C@@H](Cc2ccccc2)NC(=O)[C@H](CCN)NC1=O)[C@@H](C)O. The van der Waals surface area contributed by atoms with Gasteiger partial charge in [-0.15, -0.1) is 0 Å². The molecule has 462 valence electrons. The van der Waals surface area contributed by atoms with Gasteiger partial charge in [-0.3, -0.25) is 52.7 Å². The van der Waals surface area contributed by atoms with E-state index in [0.29, 0.717) is 12.0 Å². The Labute approximate surface area is 480 Å². The number of benzene rings is 1. The predicted octanol–water partition coefficient (Wildman–Crippen LogP) is -4.85. The molecule has 1 aromatic carbocycles. The summed E-state index contributed by atoms with van der Waals surface area (Å²) in [6, 6.07) is -5.32. The highest BCUT2D eigenvalue weighted by molar-refractivity contribution is 5.99. The Bertz CT molecular complexity index is 2230. The van der Waals surface area contributed by atoms with Crippen molar-refractivity contribution >= 4 is 65.0 Å². The van der Waals surface area contributed by atoms with Crippen LogP contribution in [0.4, 0.5) is 0 Å². The summed E-state index contributed by atoms with van der Waals surface area (Å²) in [4.78, 5) is 153. The maximum atomic E-state index is 14.5.